The zero-order valence-corrected chi connectivity index (χ0v) is 11.4. The smallest absolute Gasteiger partial charge is 0.391 e. The number of nitrogens with two attached hydrogens (primary N) is 1. The summed E-state index contributed by atoms with van der Waals surface area (Å²) in [5, 5.41) is 9.88. The minimum atomic E-state index is -4.70. The van der Waals surface area contributed by atoms with Gasteiger partial charge in [0.25, 0.3) is 0 Å². The van der Waals surface area contributed by atoms with Gasteiger partial charge in [-0.1, -0.05) is 19.9 Å². The largest absolute Gasteiger partial charge is 0.416 e. The van der Waals surface area contributed by atoms with Crippen LogP contribution in [0.3, 0.4) is 0 Å². The zero-order chi connectivity index (χ0) is 15.5. The number of rotatable bonds is 5. The molecule has 0 aliphatic rings. The molecule has 0 aliphatic carbocycles. The number of aliphatic hydroxyl groups is 1. The Bertz CT molecular complexity index is 445. The minimum Gasteiger partial charge on any atom is -0.391 e. The molecule has 0 aliphatic heterocycles. The Kier molecular flexibility index (Phi) is 5.53. The lowest BCUT2D eigenvalue weighted by atomic mass is 9.92. The van der Waals surface area contributed by atoms with Crippen LogP contribution in [0.1, 0.15) is 43.9 Å². The molecule has 114 valence electrons. The van der Waals surface area contributed by atoms with Gasteiger partial charge in [0.1, 0.15) is 5.82 Å². The van der Waals surface area contributed by atoms with Gasteiger partial charge in [-0.25, -0.2) is 4.39 Å². The summed E-state index contributed by atoms with van der Waals surface area (Å²) in [5.41, 5.74) is 3.83. The molecule has 0 saturated heterocycles. The predicted molar refractivity (Wildman–Crippen MR) is 68.4 cm³/mol. The number of hydrogen-bond donors (Lipinski definition) is 2. The summed E-state index contributed by atoms with van der Waals surface area (Å²) in [6, 6.07) is 1.27. The predicted octanol–water partition coefficient (Wildman–Crippen LogP) is 3.64. The summed E-state index contributed by atoms with van der Waals surface area (Å²) in [6.07, 6.45) is -5.09. The van der Waals surface area contributed by atoms with Crippen LogP contribution in [0.15, 0.2) is 18.2 Å². The molecule has 0 saturated carbocycles. The summed E-state index contributed by atoms with van der Waals surface area (Å²) < 4.78 is 52.3. The molecule has 1 rings (SSSR count). The molecule has 6 heteroatoms. The quantitative estimate of drug-likeness (QED) is 0.814. The van der Waals surface area contributed by atoms with Crippen molar-refractivity contribution in [1.82, 2.24) is 0 Å². The topological polar surface area (TPSA) is 46.2 Å². The van der Waals surface area contributed by atoms with Gasteiger partial charge in [-0.05, 0) is 30.9 Å². The third-order valence-electron chi connectivity index (χ3n) is 3.15. The van der Waals surface area contributed by atoms with E-state index in [1.807, 2.05) is 13.8 Å². The van der Waals surface area contributed by atoms with Crippen LogP contribution in [0.25, 0.3) is 0 Å². The molecule has 1 aromatic rings. The SMILES string of the molecule is CC(C)CC[C@H](O)[C@H](N)c1c(F)cccc1C(F)(F)F. The maximum Gasteiger partial charge on any atom is 0.416 e. The lowest BCUT2D eigenvalue weighted by molar-refractivity contribution is -0.138. The summed E-state index contributed by atoms with van der Waals surface area (Å²) in [5.74, 6) is -0.768. The lowest BCUT2D eigenvalue weighted by Gasteiger charge is -2.23. The molecule has 0 radical (unpaired) electrons. The molecule has 0 heterocycles. The number of alkyl halides is 3. The average molecular weight is 293 g/mol. The number of hydrogen-bond acceptors (Lipinski definition) is 2. The highest BCUT2D eigenvalue weighted by atomic mass is 19.4. The van der Waals surface area contributed by atoms with Crippen molar-refractivity contribution in [3.63, 3.8) is 0 Å². The molecule has 2 nitrogen and oxygen atoms in total. The first kappa shape index (κ1) is 16.9. The van der Waals surface area contributed by atoms with Gasteiger partial charge in [0.05, 0.1) is 17.7 Å². The molecular formula is C14H19F4NO. The highest BCUT2D eigenvalue weighted by Crippen LogP contribution is 2.36. The molecule has 1 aromatic carbocycles. The molecule has 0 unspecified atom stereocenters. The Hall–Kier alpha value is -1.14. The van der Waals surface area contributed by atoms with Crippen molar-refractivity contribution in [1.29, 1.82) is 0 Å². The lowest BCUT2D eigenvalue weighted by Crippen LogP contribution is -2.30. The standard InChI is InChI=1S/C14H19F4NO/c1-8(2)6-7-11(20)13(19)12-9(14(16,17)18)4-3-5-10(12)15/h3-5,8,11,13,20H,6-7,19H2,1-2H3/t11-,13-/m0/s1. The molecule has 0 amide bonds. The van der Waals surface area contributed by atoms with Crippen molar-refractivity contribution < 1.29 is 22.7 Å². The first-order valence-electron chi connectivity index (χ1n) is 6.43. The number of benzene rings is 1. The second-order valence-corrected chi connectivity index (χ2v) is 5.26. The van der Waals surface area contributed by atoms with Crippen molar-refractivity contribution in [3.05, 3.63) is 35.1 Å². The van der Waals surface area contributed by atoms with Crippen molar-refractivity contribution in [2.75, 3.05) is 0 Å². The zero-order valence-electron chi connectivity index (χ0n) is 11.4. The van der Waals surface area contributed by atoms with E-state index < -0.39 is 35.3 Å². The third kappa shape index (κ3) is 4.18. The summed E-state index contributed by atoms with van der Waals surface area (Å²) in [4.78, 5) is 0. The molecule has 0 spiro atoms. The van der Waals surface area contributed by atoms with Crippen LogP contribution < -0.4 is 5.73 Å². The molecule has 20 heavy (non-hydrogen) atoms. The van der Waals surface area contributed by atoms with Gasteiger partial charge < -0.3 is 10.8 Å². The fourth-order valence-electron chi connectivity index (χ4n) is 2.00. The van der Waals surface area contributed by atoms with Gasteiger partial charge in [0.15, 0.2) is 0 Å². The minimum absolute atomic E-state index is 0.227. The van der Waals surface area contributed by atoms with Crippen molar-refractivity contribution in [2.24, 2.45) is 11.7 Å². The Morgan fingerprint density at radius 2 is 1.80 bits per heavy atom. The van der Waals surface area contributed by atoms with E-state index in [0.717, 1.165) is 18.2 Å². The Morgan fingerprint density at radius 3 is 2.30 bits per heavy atom. The number of aliphatic hydroxyl groups excluding tert-OH is 1. The first-order valence-corrected chi connectivity index (χ1v) is 6.43. The maximum atomic E-state index is 13.7. The Morgan fingerprint density at radius 1 is 1.20 bits per heavy atom. The highest BCUT2D eigenvalue weighted by Gasteiger charge is 2.37. The van der Waals surface area contributed by atoms with Crippen molar-refractivity contribution in [2.45, 2.75) is 45.0 Å². The van der Waals surface area contributed by atoms with Crippen LogP contribution in [0, 0.1) is 11.7 Å². The van der Waals surface area contributed by atoms with E-state index in [0.29, 0.717) is 6.42 Å². The molecule has 0 bridgehead atoms. The fraction of sp³-hybridized carbons (Fsp3) is 0.571. The molecule has 0 aromatic heterocycles. The van der Waals surface area contributed by atoms with Crippen molar-refractivity contribution in [3.8, 4) is 0 Å². The van der Waals surface area contributed by atoms with Gasteiger partial charge in [0.2, 0.25) is 0 Å². The van der Waals surface area contributed by atoms with Gasteiger partial charge in [-0.3, -0.25) is 0 Å². The average Bonchev–Trinajstić information content (AvgIpc) is 2.33. The first-order chi connectivity index (χ1) is 9.14. The van der Waals surface area contributed by atoms with Crippen molar-refractivity contribution >= 4 is 0 Å². The Labute approximate surface area is 115 Å². The third-order valence-corrected chi connectivity index (χ3v) is 3.15. The molecule has 3 N–H and O–H groups in total. The molecule has 2 atom stereocenters. The van der Waals surface area contributed by atoms with E-state index in [4.69, 9.17) is 5.73 Å². The van der Waals surface area contributed by atoms with Crippen LogP contribution in [0.2, 0.25) is 0 Å². The van der Waals surface area contributed by atoms with E-state index in [9.17, 15) is 22.7 Å². The van der Waals surface area contributed by atoms with E-state index in [2.05, 4.69) is 0 Å². The highest BCUT2D eigenvalue weighted by molar-refractivity contribution is 5.34. The maximum absolute atomic E-state index is 13.7. The van der Waals surface area contributed by atoms with E-state index in [-0.39, 0.29) is 12.3 Å². The van der Waals surface area contributed by atoms with Gasteiger partial charge in [-0.2, -0.15) is 13.2 Å². The molecular weight excluding hydrogens is 274 g/mol. The monoisotopic (exact) mass is 293 g/mol. The van der Waals surface area contributed by atoms with Crippen LogP contribution in [0.4, 0.5) is 17.6 Å². The summed E-state index contributed by atoms with van der Waals surface area (Å²) in [7, 11) is 0. The van der Waals surface area contributed by atoms with Crippen LogP contribution in [-0.2, 0) is 6.18 Å². The van der Waals surface area contributed by atoms with E-state index in [1.54, 1.807) is 0 Å². The summed E-state index contributed by atoms with van der Waals surface area (Å²) in [6.45, 7) is 3.84. The van der Waals surface area contributed by atoms with E-state index >= 15 is 0 Å². The molecule has 0 fully saturated rings. The van der Waals surface area contributed by atoms with E-state index in [1.165, 1.54) is 0 Å². The number of halogens is 4. The summed E-state index contributed by atoms with van der Waals surface area (Å²) >= 11 is 0. The van der Waals surface area contributed by atoms with Crippen LogP contribution >= 0.6 is 0 Å². The Balaban J connectivity index is 3.05. The second kappa shape index (κ2) is 6.54. The van der Waals surface area contributed by atoms with Gasteiger partial charge in [0, 0.05) is 5.56 Å². The van der Waals surface area contributed by atoms with Crippen LogP contribution in [0.5, 0.6) is 0 Å². The van der Waals surface area contributed by atoms with Gasteiger partial charge >= 0.3 is 6.18 Å². The van der Waals surface area contributed by atoms with Gasteiger partial charge in [-0.15, -0.1) is 0 Å². The van der Waals surface area contributed by atoms with Crippen LogP contribution in [-0.4, -0.2) is 11.2 Å². The second-order valence-electron chi connectivity index (χ2n) is 5.26. The normalized spacial score (nSPS) is 15.4. The fourth-order valence-corrected chi connectivity index (χ4v) is 2.00.